The molecule has 1 aromatic heterocycles. The highest BCUT2D eigenvalue weighted by atomic mass is 32.2. The van der Waals surface area contributed by atoms with Crippen molar-refractivity contribution < 1.29 is 13.2 Å². The number of nitrogens with zero attached hydrogens (tertiary/aromatic N) is 4. The quantitative estimate of drug-likeness (QED) is 0.506. The van der Waals surface area contributed by atoms with E-state index in [9.17, 15) is 13.2 Å². The van der Waals surface area contributed by atoms with Crippen LogP contribution in [0.2, 0.25) is 0 Å². The van der Waals surface area contributed by atoms with Crippen molar-refractivity contribution in [3.8, 4) is 0 Å². The Morgan fingerprint density at radius 3 is 2.50 bits per heavy atom. The van der Waals surface area contributed by atoms with E-state index in [2.05, 4.69) is 27.3 Å². The number of aryl methyl sites for hydroxylation is 2. The number of hydrogen-bond donors (Lipinski definition) is 1. The van der Waals surface area contributed by atoms with Crippen LogP contribution in [0.4, 0.5) is 0 Å². The number of amides is 1. The van der Waals surface area contributed by atoms with Crippen molar-refractivity contribution in [1.29, 1.82) is 0 Å². The van der Waals surface area contributed by atoms with Crippen molar-refractivity contribution in [1.82, 2.24) is 24.1 Å². The minimum atomic E-state index is -3.53. The van der Waals surface area contributed by atoms with Gasteiger partial charge in [-0.25, -0.2) is 17.7 Å². The van der Waals surface area contributed by atoms with E-state index >= 15 is 0 Å². The van der Waals surface area contributed by atoms with E-state index in [0.717, 1.165) is 24.4 Å². The van der Waals surface area contributed by atoms with E-state index in [1.807, 2.05) is 29.8 Å². The molecular formula is C25H33N5O3S. The first-order valence-electron chi connectivity index (χ1n) is 11.7. The molecule has 1 fully saturated rings. The van der Waals surface area contributed by atoms with Gasteiger partial charge in [0.2, 0.25) is 15.9 Å². The smallest absolute Gasteiger partial charge is 0.242 e. The second-order valence-electron chi connectivity index (χ2n) is 9.00. The molecule has 1 unspecified atom stereocenters. The number of fused-ring (bicyclic) bond motifs is 1. The van der Waals surface area contributed by atoms with Gasteiger partial charge >= 0.3 is 0 Å². The average molecular weight is 484 g/mol. The third-order valence-electron chi connectivity index (χ3n) is 6.56. The molecule has 1 atom stereocenters. The standard InChI is InChI=1S/C25H33N5O3S/c1-28(2)34(32,33)20-11-12-22-21(17-20)27-24(29(22)3)13-14-25(31)26-18-23(30-15-7-8-16-30)19-9-5-4-6-10-19/h4-6,9-12,17,23H,7-8,13-16,18H2,1-3H3,(H,26,31). The highest BCUT2D eigenvalue weighted by molar-refractivity contribution is 7.89. The number of nitrogens with one attached hydrogen (secondary N) is 1. The molecular weight excluding hydrogens is 450 g/mol. The fraction of sp³-hybridized carbons (Fsp3) is 0.440. The van der Waals surface area contributed by atoms with Gasteiger partial charge in [-0.3, -0.25) is 9.69 Å². The maximum Gasteiger partial charge on any atom is 0.242 e. The molecule has 0 saturated carbocycles. The first-order valence-corrected chi connectivity index (χ1v) is 13.1. The number of imidazole rings is 1. The molecule has 0 spiro atoms. The zero-order valence-electron chi connectivity index (χ0n) is 20.1. The van der Waals surface area contributed by atoms with Crippen LogP contribution in [-0.2, 0) is 28.3 Å². The van der Waals surface area contributed by atoms with Crippen molar-refractivity contribution >= 4 is 27.0 Å². The summed E-state index contributed by atoms with van der Waals surface area (Å²) in [6, 6.07) is 15.5. The fourth-order valence-electron chi connectivity index (χ4n) is 4.53. The molecule has 0 bridgehead atoms. The predicted octanol–water partition coefficient (Wildman–Crippen LogP) is 2.71. The van der Waals surface area contributed by atoms with Crippen LogP contribution in [0.3, 0.4) is 0 Å². The monoisotopic (exact) mass is 483 g/mol. The lowest BCUT2D eigenvalue weighted by Gasteiger charge is -2.28. The summed E-state index contributed by atoms with van der Waals surface area (Å²) in [6.07, 6.45) is 3.19. The number of rotatable bonds is 9. The zero-order valence-corrected chi connectivity index (χ0v) is 20.9. The van der Waals surface area contributed by atoms with Crippen LogP contribution >= 0.6 is 0 Å². The fourth-order valence-corrected chi connectivity index (χ4v) is 5.46. The average Bonchev–Trinajstić information content (AvgIpc) is 3.46. The summed E-state index contributed by atoms with van der Waals surface area (Å²) in [4.78, 5) is 20.0. The van der Waals surface area contributed by atoms with Gasteiger partial charge in [-0.15, -0.1) is 0 Å². The maximum absolute atomic E-state index is 12.7. The Morgan fingerprint density at radius 1 is 1.12 bits per heavy atom. The molecule has 1 aliphatic rings. The van der Waals surface area contributed by atoms with Crippen molar-refractivity contribution in [3.05, 3.63) is 59.9 Å². The summed E-state index contributed by atoms with van der Waals surface area (Å²) in [5.74, 6) is 0.742. The normalized spacial score (nSPS) is 15.8. The Hall–Kier alpha value is -2.75. The Morgan fingerprint density at radius 2 is 1.82 bits per heavy atom. The SMILES string of the molecule is CN(C)S(=O)(=O)c1ccc2c(c1)nc(CCC(=O)NCC(c1ccccc1)N1CCCC1)n2C. The molecule has 8 nitrogen and oxygen atoms in total. The Labute approximate surface area is 201 Å². The van der Waals surface area contributed by atoms with Crippen LogP contribution in [0, 0.1) is 0 Å². The predicted molar refractivity (Wildman–Crippen MR) is 133 cm³/mol. The van der Waals surface area contributed by atoms with E-state index in [1.165, 1.54) is 36.8 Å². The van der Waals surface area contributed by atoms with Gasteiger partial charge in [-0.1, -0.05) is 30.3 Å². The molecule has 34 heavy (non-hydrogen) atoms. The van der Waals surface area contributed by atoms with Gasteiger partial charge in [0.1, 0.15) is 5.82 Å². The number of sulfonamides is 1. The summed E-state index contributed by atoms with van der Waals surface area (Å²) in [5, 5.41) is 3.12. The first-order chi connectivity index (χ1) is 16.3. The number of hydrogen-bond acceptors (Lipinski definition) is 5. The molecule has 4 rings (SSSR count). The number of carbonyl (C=O) groups is 1. The second-order valence-corrected chi connectivity index (χ2v) is 11.2. The number of carbonyl (C=O) groups excluding carboxylic acids is 1. The lowest BCUT2D eigenvalue weighted by Crippen LogP contribution is -2.36. The molecule has 182 valence electrons. The van der Waals surface area contributed by atoms with Crippen LogP contribution in [-0.4, -0.2) is 66.8 Å². The Balaban J connectivity index is 1.41. The molecule has 2 heterocycles. The van der Waals surface area contributed by atoms with Crippen molar-refractivity contribution in [2.45, 2.75) is 36.6 Å². The van der Waals surface area contributed by atoms with Crippen molar-refractivity contribution in [3.63, 3.8) is 0 Å². The maximum atomic E-state index is 12.7. The largest absolute Gasteiger partial charge is 0.354 e. The third kappa shape index (κ3) is 5.16. The summed E-state index contributed by atoms with van der Waals surface area (Å²) >= 11 is 0. The lowest BCUT2D eigenvalue weighted by atomic mass is 10.1. The van der Waals surface area contributed by atoms with E-state index in [4.69, 9.17) is 0 Å². The Kier molecular flexibility index (Phi) is 7.35. The van der Waals surface area contributed by atoms with E-state index in [1.54, 1.807) is 18.2 Å². The van der Waals surface area contributed by atoms with Crippen LogP contribution in [0.25, 0.3) is 11.0 Å². The molecule has 9 heteroatoms. The van der Waals surface area contributed by atoms with Crippen molar-refractivity contribution in [2.24, 2.45) is 7.05 Å². The van der Waals surface area contributed by atoms with E-state index in [-0.39, 0.29) is 16.8 Å². The minimum absolute atomic E-state index is 0.0111. The molecule has 0 radical (unpaired) electrons. The number of benzene rings is 2. The van der Waals surface area contributed by atoms with Gasteiger partial charge in [-0.2, -0.15) is 0 Å². The Bertz CT molecular complexity index is 1250. The number of aromatic nitrogens is 2. The molecule has 1 N–H and O–H groups in total. The minimum Gasteiger partial charge on any atom is -0.354 e. The summed E-state index contributed by atoms with van der Waals surface area (Å²) in [5.41, 5.74) is 2.67. The molecule has 2 aromatic carbocycles. The molecule has 1 aliphatic heterocycles. The zero-order chi connectivity index (χ0) is 24.3. The highest BCUT2D eigenvalue weighted by Crippen LogP contribution is 2.25. The van der Waals surface area contributed by atoms with Gasteiger partial charge in [0, 0.05) is 40.5 Å². The summed E-state index contributed by atoms with van der Waals surface area (Å²) in [6.45, 7) is 2.69. The molecule has 1 saturated heterocycles. The highest BCUT2D eigenvalue weighted by Gasteiger charge is 2.24. The molecule has 1 amide bonds. The summed E-state index contributed by atoms with van der Waals surface area (Å²) in [7, 11) is 1.38. The van der Waals surface area contributed by atoms with Gasteiger partial charge < -0.3 is 9.88 Å². The van der Waals surface area contributed by atoms with Crippen molar-refractivity contribution in [2.75, 3.05) is 33.7 Å². The summed E-state index contributed by atoms with van der Waals surface area (Å²) < 4.78 is 28.0. The van der Waals surface area contributed by atoms with Gasteiger partial charge in [0.05, 0.1) is 22.0 Å². The van der Waals surface area contributed by atoms with E-state index < -0.39 is 10.0 Å². The second kappa shape index (κ2) is 10.2. The molecule has 3 aromatic rings. The van der Waals surface area contributed by atoms with Gasteiger partial charge in [0.25, 0.3) is 0 Å². The number of likely N-dealkylation sites (tertiary alicyclic amines) is 1. The van der Waals surface area contributed by atoms with Crippen LogP contribution in [0.15, 0.2) is 53.4 Å². The first kappa shape index (κ1) is 24.4. The van der Waals surface area contributed by atoms with Gasteiger partial charge in [0.15, 0.2) is 0 Å². The van der Waals surface area contributed by atoms with E-state index in [0.29, 0.717) is 24.9 Å². The lowest BCUT2D eigenvalue weighted by molar-refractivity contribution is -0.121. The van der Waals surface area contributed by atoms with Crippen LogP contribution in [0.5, 0.6) is 0 Å². The third-order valence-corrected chi connectivity index (χ3v) is 8.37. The topological polar surface area (TPSA) is 87.5 Å². The molecule has 0 aliphatic carbocycles. The van der Waals surface area contributed by atoms with Gasteiger partial charge in [-0.05, 0) is 49.7 Å². The van der Waals surface area contributed by atoms with Crippen LogP contribution in [0.1, 0.15) is 36.7 Å². The van der Waals surface area contributed by atoms with Crippen LogP contribution < -0.4 is 5.32 Å².